The maximum absolute atomic E-state index is 11.7. The van der Waals surface area contributed by atoms with Gasteiger partial charge in [0, 0.05) is 31.4 Å². The minimum absolute atomic E-state index is 0.304. The third-order valence-electron chi connectivity index (χ3n) is 3.53. The van der Waals surface area contributed by atoms with Gasteiger partial charge in [0.1, 0.15) is 5.78 Å². The zero-order valence-corrected chi connectivity index (χ0v) is 10.5. The van der Waals surface area contributed by atoms with Crippen molar-refractivity contribution in [3.05, 3.63) is 18.0 Å². The molecule has 94 valence electrons. The van der Waals surface area contributed by atoms with Crippen LogP contribution < -0.4 is 5.32 Å². The van der Waals surface area contributed by atoms with Gasteiger partial charge in [0.15, 0.2) is 0 Å². The first-order chi connectivity index (χ1) is 8.25. The van der Waals surface area contributed by atoms with Crippen LogP contribution in [-0.4, -0.2) is 28.2 Å². The molecule has 0 aromatic carbocycles. The smallest absolute Gasteiger partial charge is 0.147 e. The molecule has 1 aliphatic rings. The van der Waals surface area contributed by atoms with Crippen LogP contribution in [0.4, 0.5) is 0 Å². The Bertz CT molecular complexity index is 366. The van der Waals surface area contributed by atoms with Gasteiger partial charge in [-0.1, -0.05) is 12.8 Å². The number of carbonyl (C=O) groups is 1. The van der Waals surface area contributed by atoms with Gasteiger partial charge in [0.25, 0.3) is 0 Å². The number of aryl methyl sites for hydroxylation is 2. The molecule has 0 amide bonds. The summed E-state index contributed by atoms with van der Waals surface area (Å²) in [5.41, 5.74) is 1.12. The summed E-state index contributed by atoms with van der Waals surface area (Å²) in [5.74, 6) is 0.304. The van der Waals surface area contributed by atoms with E-state index in [-0.39, 0.29) is 0 Å². The topological polar surface area (TPSA) is 46.9 Å². The maximum Gasteiger partial charge on any atom is 0.147 e. The average Bonchev–Trinajstić information content (AvgIpc) is 2.95. The number of hydrogen-bond acceptors (Lipinski definition) is 3. The number of aromatic nitrogens is 2. The fraction of sp³-hybridized carbons (Fsp3) is 0.692. The van der Waals surface area contributed by atoms with E-state index in [1.165, 1.54) is 25.7 Å². The van der Waals surface area contributed by atoms with E-state index < -0.39 is 0 Å². The predicted molar refractivity (Wildman–Crippen MR) is 66.8 cm³/mol. The SMILES string of the molecule is Cn1nccc1CCC(=O)CNC1CCCC1. The summed E-state index contributed by atoms with van der Waals surface area (Å²) >= 11 is 0. The van der Waals surface area contributed by atoms with Gasteiger partial charge in [-0.2, -0.15) is 5.10 Å². The molecule has 1 saturated carbocycles. The molecule has 0 unspecified atom stereocenters. The van der Waals surface area contributed by atoms with E-state index in [0.717, 1.165) is 12.1 Å². The van der Waals surface area contributed by atoms with Gasteiger partial charge in [0.2, 0.25) is 0 Å². The van der Waals surface area contributed by atoms with E-state index in [9.17, 15) is 4.79 Å². The molecule has 1 N–H and O–H groups in total. The average molecular weight is 235 g/mol. The third kappa shape index (κ3) is 3.66. The van der Waals surface area contributed by atoms with Crippen molar-refractivity contribution in [1.82, 2.24) is 15.1 Å². The highest BCUT2D eigenvalue weighted by Crippen LogP contribution is 2.17. The van der Waals surface area contributed by atoms with E-state index in [4.69, 9.17) is 0 Å². The van der Waals surface area contributed by atoms with Crippen molar-refractivity contribution < 1.29 is 4.79 Å². The van der Waals surface area contributed by atoms with Crippen molar-refractivity contribution in [3.8, 4) is 0 Å². The van der Waals surface area contributed by atoms with Crippen LogP contribution in [0.1, 0.15) is 37.8 Å². The number of carbonyl (C=O) groups excluding carboxylic acids is 1. The van der Waals surface area contributed by atoms with Crippen LogP contribution in [0.2, 0.25) is 0 Å². The molecule has 1 aromatic rings. The molecular weight excluding hydrogens is 214 g/mol. The fourth-order valence-electron chi connectivity index (χ4n) is 2.39. The molecule has 0 spiro atoms. The van der Waals surface area contributed by atoms with E-state index in [1.807, 2.05) is 17.8 Å². The lowest BCUT2D eigenvalue weighted by molar-refractivity contribution is -0.118. The Morgan fingerprint density at radius 3 is 2.94 bits per heavy atom. The highest BCUT2D eigenvalue weighted by atomic mass is 16.1. The Morgan fingerprint density at radius 1 is 1.53 bits per heavy atom. The maximum atomic E-state index is 11.7. The summed E-state index contributed by atoms with van der Waals surface area (Å²) in [4.78, 5) is 11.7. The normalized spacial score (nSPS) is 16.5. The van der Waals surface area contributed by atoms with Crippen LogP contribution >= 0.6 is 0 Å². The summed E-state index contributed by atoms with van der Waals surface area (Å²) in [6.07, 6.45) is 8.25. The Labute approximate surface area is 102 Å². The Kier molecular flexibility index (Phi) is 4.31. The lowest BCUT2D eigenvalue weighted by Gasteiger charge is -2.10. The Balaban J connectivity index is 1.65. The molecule has 2 rings (SSSR count). The first-order valence-electron chi connectivity index (χ1n) is 6.47. The standard InChI is InChI=1S/C13H21N3O/c1-16-12(8-9-15-16)6-7-13(17)10-14-11-4-2-3-5-11/h8-9,11,14H,2-7,10H2,1H3. The molecule has 1 fully saturated rings. The van der Waals surface area contributed by atoms with E-state index in [2.05, 4.69) is 10.4 Å². The number of hydrogen-bond donors (Lipinski definition) is 1. The highest BCUT2D eigenvalue weighted by Gasteiger charge is 2.15. The van der Waals surface area contributed by atoms with Gasteiger partial charge < -0.3 is 5.32 Å². The summed E-state index contributed by atoms with van der Waals surface area (Å²) in [5, 5.41) is 7.45. The Hall–Kier alpha value is -1.16. The second-order valence-corrected chi connectivity index (χ2v) is 4.85. The van der Waals surface area contributed by atoms with E-state index >= 15 is 0 Å². The van der Waals surface area contributed by atoms with Crippen molar-refractivity contribution >= 4 is 5.78 Å². The van der Waals surface area contributed by atoms with Crippen LogP contribution in [-0.2, 0) is 18.3 Å². The second-order valence-electron chi connectivity index (χ2n) is 4.85. The molecule has 17 heavy (non-hydrogen) atoms. The van der Waals surface area contributed by atoms with Crippen LogP contribution in [0.3, 0.4) is 0 Å². The minimum atomic E-state index is 0.304. The number of rotatable bonds is 6. The van der Waals surface area contributed by atoms with Gasteiger partial charge in [-0.25, -0.2) is 0 Å². The van der Waals surface area contributed by atoms with Gasteiger partial charge in [0.05, 0.1) is 6.54 Å². The van der Waals surface area contributed by atoms with Crippen molar-refractivity contribution in [2.24, 2.45) is 7.05 Å². The van der Waals surface area contributed by atoms with Crippen molar-refractivity contribution in [1.29, 1.82) is 0 Å². The molecule has 1 aromatic heterocycles. The quantitative estimate of drug-likeness (QED) is 0.812. The van der Waals surface area contributed by atoms with E-state index in [1.54, 1.807) is 6.20 Å². The van der Waals surface area contributed by atoms with Gasteiger partial charge >= 0.3 is 0 Å². The highest BCUT2D eigenvalue weighted by molar-refractivity contribution is 5.80. The summed E-state index contributed by atoms with van der Waals surface area (Å²) < 4.78 is 1.83. The zero-order chi connectivity index (χ0) is 12.1. The van der Waals surface area contributed by atoms with Gasteiger partial charge in [-0.15, -0.1) is 0 Å². The Morgan fingerprint density at radius 2 is 2.29 bits per heavy atom. The van der Waals surface area contributed by atoms with Crippen molar-refractivity contribution in [2.75, 3.05) is 6.54 Å². The molecule has 0 aliphatic heterocycles. The molecular formula is C13H21N3O. The monoisotopic (exact) mass is 235 g/mol. The lowest BCUT2D eigenvalue weighted by Crippen LogP contribution is -2.31. The molecule has 0 saturated heterocycles. The zero-order valence-electron chi connectivity index (χ0n) is 10.5. The van der Waals surface area contributed by atoms with E-state index in [0.29, 0.717) is 24.8 Å². The van der Waals surface area contributed by atoms with Gasteiger partial charge in [-0.3, -0.25) is 9.48 Å². The predicted octanol–water partition coefficient (Wildman–Crippen LogP) is 1.45. The third-order valence-corrected chi connectivity index (χ3v) is 3.53. The molecule has 0 atom stereocenters. The van der Waals surface area contributed by atoms with Crippen LogP contribution in [0, 0.1) is 0 Å². The van der Waals surface area contributed by atoms with Crippen LogP contribution in [0.15, 0.2) is 12.3 Å². The number of nitrogens with one attached hydrogen (secondary N) is 1. The molecule has 0 radical (unpaired) electrons. The minimum Gasteiger partial charge on any atom is -0.307 e. The molecule has 4 nitrogen and oxygen atoms in total. The molecule has 1 heterocycles. The van der Waals surface area contributed by atoms with Crippen LogP contribution in [0.25, 0.3) is 0 Å². The number of ketones is 1. The molecule has 4 heteroatoms. The fourth-order valence-corrected chi connectivity index (χ4v) is 2.39. The first-order valence-corrected chi connectivity index (χ1v) is 6.47. The summed E-state index contributed by atoms with van der Waals surface area (Å²) in [6.45, 7) is 0.530. The van der Waals surface area contributed by atoms with Crippen LogP contribution in [0.5, 0.6) is 0 Å². The molecule has 0 bridgehead atoms. The largest absolute Gasteiger partial charge is 0.307 e. The van der Waals surface area contributed by atoms with Crippen molar-refractivity contribution in [3.63, 3.8) is 0 Å². The van der Waals surface area contributed by atoms with Gasteiger partial charge in [-0.05, 0) is 25.3 Å². The number of nitrogens with zero attached hydrogens (tertiary/aromatic N) is 2. The lowest BCUT2D eigenvalue weighted by atomic mass is 10.1. The second kappa shape index (κ2) is 5.96. The summed E-state index contributed by atoms with van der Waals surface area (Å²) in [6, 6.07) is 2.55. The first kappa shape index (κ1) is 12.3. The summed E-state index contributed by atoms with van der Waals surface area (Å²) in [7, 11) is 1.91. The molecule has 1 aliphatic carbocycles. The number of Topliss-reactive ketones (excluding diaryl/α,β-unsaturated/α-hetero) is 1. The van der Waals surface area contributed by atoms with Crippen molar-refractivity contribution in [2.45, 2.75) is 44.6 Å².